The first kappa shape index (κ1) is 16.2. The molecular formula is C17H18O4S. The molecule has 0 saturated heterocycles. The summed E-state index contributed by atoms with van der Waals surface area (Å²) in [5.74, 6) is -1.000. The van der Waals surface area contributed by atoms with E-state index in [1.807, 2.05) is 18.2 Å². The van der Waals surface area contributed by atoms with Crippen LogP contribution in [-0.2, 0) is 11.2 Å². The van der Waals surface area contributed by atoms with Crippen molar-refractivity contribution < 1.29 is 19.4 Å². The van der Waals surface area contributed by atoms with E-state index < -0.39 is 11.9 Å². The van der Waals surface area contributed by atoms with Crippen molar-refractivity contribution in [2.75, 3.05) is 7.11 Å². The molecule has 1 unspecified atom stereocenters. The van der Waals surface area contributed by atoms with Crippen molar-refractivity contribution in [3.8, 4) is 5.75 Å². The molecule has 0 aliphatic heterocycles. The minimum absolute atomic E-state index is 0.0127. The number of carboxylic acid groups (broad SMARTS) is 1. The molecule has 1 aromatic heterocycles. The van der Waals surface area contributed by atoms with Gasteiger partial charge >= 0.3 is 5.97 Å². The van der Waals surface area contributed by atoms with Crippen LogP contribution in [0.1, 0.15) is 28.6 Å². The number of ketones is 1. The molecule has 0 radical (unpaired) electrons. The van der Waals surface area contributed by atoms with E-state index in [1.165, 1.54) is 11.3 Å². The molecule has 0 aliphatic rings. The molecule has 4 nitrogen and oxygen atoms in total. The number of benzene rings is 1. The maximum absolute atomic E-state index is 12.2. The normalized spacial score (nSPS) is 12.1. The van der Waals surface area contributed by atoms with E-state index in [2.05, 4.69) is 6.58 Å². The number of ether oxygens (including phenoxy) is 1. The van der Waals surface area contributed by atoms with Crippen molar-refractivity contribution in [3.63, 3.8) is 0 Å². The minimum Gasteiger partial charge on any atom is -0.496 e. The zero-order valence-electron chi connectivity index (χ0n) is 12.6. The molecule has 1 N–H and O–H groups in total. The van der Waals surface area contributed by atoms with Gasteiger partial charge in [0.25, 0.3) is 0 Å². The van der Waals surface area contributed by atoms with Crippen LogP contribution in [0.15, 0.2) is 30.9 Å². The van der Waals surface area contributed by atoms with Crippen LogP contribution in [0.2, 0.25) is 0 Å². The predicted molar refractivity (Wildman–Crippen MR) is 88.0 cm³/mol. The molecular weight excluding hydrogens is 300 g/mol. The number of carbonyl (C=O) groups is 2. The molecule has 0 aliphatic carbocycles. The number of carboxylic acids is 1. The lowest BCUT2D eigenvalue weighted by Crippen LogP contribution is -2.13. The summed E-state index contributed by atoms with van der Waals surface area (Å²) in [5, 5.41) is 9.87. The highest BCUT2D eigenvalue weighted by atomic mass is 32.1. The largest absolute Gasteiger partial charge is 0.496 e. The fourth-order valence-corrected chi connectivity index (χ4v) is 3.25. The zero-order valence-corrected chi connectivity index (χ0v) is 13.4. The monoisotopic (exact) mass is 318 g/mol. The van der Waals surface area contributed by atoms with Gasteiger partial charge in [-0.15, -0.1) is 17.9 Å². The Hall–Kier alpha value is -2.14. The van der Waals surface area contributed by atoms with Gasteiger partial charge in [-0.2, -0.15) is 0 Å². The number of allylic oxidation sites excluding steroid dienone is 1. The van der Waals surface area contributed by atoms with Crippen LogP contribution in [0.25, 0.3) is 10.1 Å². The first-order valence-corrected chi connectivity index (χ1v) is 7.75. The summed E-state index contributed by atoms with van der Waals surface area (Å²) in [6.07, 6.45) is 2.50. The van der Waals surface area contributed by atoms with Crippen molar-refractivity contribution >= 4 is 33.2 Å². The van der Waals surface area contributed by atoms with E-state index in [4.69, 9.17) is 9.84 Å². The SMILES string of the molecule is C=CCc1cc2cc(C(=O)CC(C)C(=O)O)sc2cc1OC. The highest BCUT2D eigenvalue weighted by molar-refractivity contribution is 7.20. The van der Waals surface area contributed by atoms with E-state index in [-0.39, 0.29) is 12.2 Å². The number of hydrogen-bond donors (Lipinski definition) is 1. The fourth-order valence-electron chi connectivity index (χ4n) is 2.22. The molecule has 22 heavy (non-hydrogen) atoms. The van der Waals surface area contributed by atoms with Crippen LogP contribution in [0.5, 0.6) is 5.75 Å². The fraction of sp³-hybridized carbons (Fsp3) is 0.294. The van der Waals surface area contributed by atoms with Crippen LogP contribution in [0.4, 0.5) is 0 Å². The second kappa shape index (κ2) is 6.75. The quantitative estimate of drug-likeness (QED) is 0.620. The molecule has 2 aromatic rings. The standard InChI is InChI=1S/C17H18O4S/c1-4-5-11-7-12-8-16(13(18)6-10(2)17(19)20)22-15(12)9-14(11)21-3/h4,7-10H,1,5-6H2,2-3H3,(H,19,20). The number of thiophene rings is 1. The summed E-state index contributed by atoms with van der Waals surface area (Å²) in [6, 6.07) is 5.73. The van der Waals surface area contributed by atoms with E-state index in [9.17, 15) is 9.59 Å². The van der Waals surface area contributed by atoms with Crippen LogP contribution in [0.3, 0.4) is 0 Å². The Kier molecular flexibility index (Phi) is 4.98. The summed E-state index contributed by atoms with van der Waals surface area (Å²) in [4.78, 5) is 23.6. The van der Waals surface area contributed by atoms with Gasteiger partial charge in [-0.25, -0.2) is 0 Å². The lowest BCUT2D eigenvalue weighted by Gasteiger charge is -2.06. The summed E-state index contributed by atoms with van der Waals surface area (Å²) < 4.78 is 6.32. The molecule has 0 spiro atoms. The highest BCUT2D eigenvalue weighted by Gasteiger charge is 2.19. The molecule has 116 valence electrons. The topological polar surface area (TPSA) is 63.6 Å². The van der Waals surface area contributed by atoms with Gasteiger partial charge in [0, 0.05) is 11.1 Å². The van der Waals surface area contributed by atoms with E-state index >= 15 is 0 Å². The molecule has 2 rings (SSSR count). The van der Waals surface area contributed by atoms with Gasteiger partial charge in [0.2, 0.25) is 0 Å². The molecule has 1 atom stereocenters. The van der Waals surface area contributed by atoms with Crippen molar-refractivity contribution in [3.05, 3.63) is 41.3 Å². The molecule has 0 saturated carbocycles. The van der Waals surface area contributed by atoms with Crippen LogP contribution in [-0.4, -0.2) is 24.0 Å². The predicted octanol–water partition coefficient (Wildman–Crippen LogP) is 3.93. The Balaban J connectivity index is 2.35. The van der Waals surface area contributed by atoms with E-state index in [0.29, 0.717) is 11.3 Å². The molecule has 5 heteroatoms. The smallest absolute Gasteiger partial charge is 0.306 e. The second-order valence-corrected chi connectivity index (χ2v) is 6.26. The Labute approximate surface area is 133 Å². The van der Waals surface area contributed by atoms with Gasteiger partial charge in [0.15, 0.2) is 5.78 Å². The van der Waals surface area contributed by atoms with Crippen LogP contribution >= 0.6 is 11.3 Å². The van der Waals surface area contributed by atoms with Crippen molar-refractivity contribution in [2.45, 2.75) is 19.8 Å². The first-order valence-electron chi connectivity index (χ1n) is 6.93. The van der Waals surface area contributed by atoms with Gasteiger partial charge in [0.1, 0.15) is 5.75 Å². The molecule has 0 amide bonds. The molecule has 0 fully saturated rings. The summed E-state index contributed by atoms with van der Waals surface area (Å²) in [6.45, 7) is 5.27. The van der Waals surface area contributed by atoms with Gasteiger partial charge in [-0.1, -0.05) is 13.0 Å². The third-order valence-electron chi connectivity index (χ3n) is 3.47. The van der Waals surface area contributed by atoms with Crippen molar-refractivity contribution in [1.29, 1.82) is 0 Å². The lowest BCUT2D eigenvalue weighted by molar-refractivity contribution is -0.141. The summed E-state index contributed by atoms with van der Waals surface area (Å²) >= 11 is 1.37. The summed E-state index contributed by atoms with van der Waals surface area (Å²) in [5.41, 5.74) is 1.01. The van der Waals surface area contributed by atoms with Gasteiger partial charge in [-0.3, -0.25) is 9.59 Å². The number of carbonyl (C=O) groups excluding carboxylic acids is 1. The maximum atomic E-state index is 12.2. The number of aliphatic carboxylic acids is 1. The van der Waals surface area contributed by atoms with Crippen LogP contribution < -0.4 is 4.74 Å². The molecule has 1 aromatic carbocycles. The average molecular weight is 318 g/mol. The summed E-state index contributed by atoms with van der Waals surface area (Å²) in [7, 11) is 1.61. The Morgan fingerprint density at radius 1 is 1.41 bits per heavy atom. The third kappa shape index (κ3) is 3.36. The van der Waals surface area contributed by atoms with E-state index in [0.717, 1.165) is 21.4 Å². The third-order valence-corrected chi connectivity index (χ3v) is 4.61. The number of methoxy groups -OCH3 is 1. The van der Waals surface area contributed by atoms with Crippen LogP contribution in [0, 0.1) is 5.92 Å². The lowest BCUT2D eigenvalue weighted by atomic mass is 10.0. The zero-order chi connectivity index (χ0) is 16.3. The Morgan fingerprint density at radius 3 is 2.73 bits per heavy atom. The first-order chi connectivity index (χ1) is 10.5. The number of hydrogen-bond acceptors (Lipinski definition) is 4. The second-order valence-electron chi connectivity index (χ2n) is 5.17. The minimum atomic E-state index is -0.954. The number of rotatable bonds is 7. The van der Waals surface area contributed by atoms with Gasteiger partial charge in [0.05, 0.1) is 17.9 Å². The average Bonchev–Trinajstić information content (AvgIpc) is 2.89. The van der Waals surface area contributed by atoms with E-state index in [1.54, 1.807) is 20.1 Å². The van der Waals surface area contributed by atoms with Crippen molar-refractivity contribution in [1.82, 2.24) is 0 Å². The number of fused-ring (bicyclic) bond motifs is 1. The molecule has 0 bridgehead atoms. The van der Waals surface area contributed by atoms with Gasteiger partial charge in [-0.05, 0) is 35.6 Å². The Bertz CT molecular complexity index is 730. The van der Waals surface area contributed by atoms with Crippen molar-refractivity contribution in [2.24, 2.45) is 5.92 Å². The highest BCUT2D eigenvalue weighted by Crippen LogP contribution is 2.33. The van der Waals surface area contributed by atoms with Gasteiger partial charge < -0.3 is 9.84 Å². The number of Topliss-reactive ketones (excluding diaryl/α,β-unsaturated/α-hetero) is 1. The molecule has 1 heterocycles. The Morgan fingerprint density at radius 2 is 2.14 bits per heavy atom. The maximum Gasteiger partial charge on any atom is 0.306 e.